The number of methoxy groups -OCH3 is 1. The van der Waals surface area contributed by atoms with Crippen molar-refractivity contribution in [3.63, 3.8) is 0 Å². The minimum Gasteiger partial charge on any atom is -0.465 e. The third kappa shape index (κ3) is 6.86. The van der Waals surface area contributed by atoms with Crippen LogP contribution in [0.5, 0.6) is 0 Å². The molecule has 0 fully saturated rings. The normalized spacial score (nSPS) is 12.6. The summed E-state index contributed by atoms with van der Waals surface area (Å²) < 4.78 is 45.1. The Morgan fingerprint density at radius 1 is 0.864 bits per heavy atom. The van der Waals surface area contributed by atoms with E-state index in [-0.39, 0.29) is 32.6 Å². The molecular weight excluding hydrogens is 586 g/mol. The number of ether oxygens (including phenoxy) is 3. The van der Waals surface area contributed by atoms with Crippen LogP contribution < -0.4 is 4.90 Å². The molecule has 4 rings (SSSR count). The van der Waals surface area contributed by atoms with Crippen molar-refractivity contribution in [3.05, 3.63) is 84.3 Å². The lowest BCUT2D eigenvalue weighted by Gasteiger charge is -2.29. The van der Waals surface area contributed by atoms with Gasteiger partial charge < -0.3 is 19.2 Å². The fourth-order valence-electron chi connectivity index (χ4n) is 4.37. The Bertz CT molecular complexity index is 1800. The fourth-order valence-corrected chi connectivity index (χ4v) is 5.76. The van der Waals surface area contributed by atoms with Crippen molar-refractivity contribution in [2.24, 2.45) is 0 Å². The van der Waals surface area contributed by atoms with E-state index in [0.29, 0.717) is 5.56 Å². The number of carbonyl (C=O) groups is 3. The van der Waals surface area contributed by atoms with Gasteiger partial charge >= 0.3 is 18.2 Å². The van der Waals surface area contributed by atoms with Crippen molar-refractivity contribution in [1.82, 2.24) is 8.96 Å². The zero-order chi connectivity index (χ0) is 32.4. The summed E-state index contributed by atoms with van der Waals surface area (Å²) in [6, 6.07) is 14.0. The number of nitrogens with zero attached hydrogens (tertiary/aromatic N) is 2. The van der Waals surface area contributed by atoms with E-state index in [4.69, 9.17) is 14.2 Å². The van der Waals surface area contributed by atoms with Crippen LogP contribution in [0, 0.1) is 0 Å². The second kappa shape index (κ2) is 12.0. The average Bonchev–Trinajstić information content (AvgIpc) is 3.59. The van der Waals surface area contributed by atoms with Crippen molar-refractivity contribution in [1.29, 1.82) is 0 Å². The van der Waals surface area contributed by atoms with Crippen LogP contribution in [-0.2, 0) is 29.0 Å². The number of amides is 2. The maximum atomic E-state index is 13.9. The van der Waals surface area contributed by atoms with Gasteiger partial charge in [-0.25, -0.2) is 26.8 Å². The largest absolute Gasteiger partial charge is 0.465 e. The molecule has 0 spiro atoms. The van der Waals surface area contributed by atoms with Crippen molar-refractivity contribution in [2.45, 2.75) is 57.6 Å². The van der Waals surface area contributed by atoms with E-state index in [1.165, 1.54) is 49.7 Å². The third-order valence-electron chi connectivity index (χ3n) is 6.11. The first-order valence-electron chi connectivity index (χ1n) is 13.7. The average molecular weight is 622 g/mol. The molecule has 2 aromatic carbocycles. The van der Waals surface area contributed by atoms with Gasteiger partial charge in [-0.05, 0) is 78.0 Å². The molecule has 12 heteroatoms. The Morgan fingerprint density at radius 2 is 1.48 bits per heavy atom. The predicted octanol–water partition coefficient (Wildman–Crippen LogP) is 6.60. The number of esters is 1. The molecule has 0 unspecified atom stereocenters. The number of anilines is 1. The van der Waals surface area contributed by atoms with Gasteiger partial charge in [0.15, 0.2) is 0 Å². The van der Waals surface area contributed by atoms with Gasteiger partial charge in [-0.15, -0.1) is 0 Å². The predicted molar refractivity (Wildman–Crippen MR) is 167 cm³/mol. The molecule has 0 aliphatic carbocycles. The molecule has 2 aromatic heterocycles. The van der Waals surface area contributed by atoms with Gasteiger partial charge in [-0.3, -0.25) is 0 Å². The highest BCUT2D eigenvalue weighted by atomic mass is 32.2. The molecule has 11 nitrogen and oxygen atoms in total. The van der Waals surface area contributed by atoms with Crippen LogP contribution in [0.3, 0.4) is 0 Å². The minimum absolute atomic E-state index is 0.00722. The highest BCUT2D eigenvalue weighted by molar-refractivity contribution is 7.90. The number of aromatic nitrogens is 2. The molecule has 4 aromatic rings. The maximum Gasteiger partial charge on any atom is 0.424 e. The molecule has 44 heavy (non-hydrogen) atoms. The zero-order valence-corrected chi connectivity index (χ0v) is 26.4. The summed E-state index contributed by atoms with van der Waals surface area (Å²) in [5.74, 6) is -0.690. The Kier molecular flexibility index (Phi) is 8.78. The Hall–Kier alpha value is -4.84. The van der Waals surface area contributed by atoms with Crippen molar-refractivity contribution in [2.75, 3.05) is 12.0 Å². The number of hydrogen-bond donors (Lipinski definition) is 1. The molecule has 0 aliphatic rings. The standard InChI is InChI=1S/C32H35N3O8S/c1-31(2,3)42-29(37)35(30(38)43-32(4,5)6)26-15-11-14-25-27(26)22(18-24(28(36)41-7)21-16-17-33-19-21)20-34(25)44(39,40)23-12-9-8-10-13-23/h8-20,33H,1-7H3/b24-18+. The number of fused-ring (bicyclic) bond motifs is 1. The van der Waals surface area contributed by atoms with Crippen molar-refractivity contribution in [3.8, 4) is 0 Å². The number of H-pyrrole nitrogens is 1. The zero-order valence-electron chi connectivity index (χ0n) is 25.6. The number of benzene rings is 2. The smallest absolute Gasteiger partial charge is 0.424 e. The van der Waals surface area contributed by atoms with Gasteiger partial charge in [0.2, 0.25) is 0 Å². The van der Waals surface area contributed by atoms with E-state index in [1.807, 2.05) is 0 Å². The topological polar surface area (TPSA) is 137 Å². The maximum absolute atomic E-state index is 13.9. The molecule has 0 saturated heterocycles. The molecule has 0 radical (unpaired) electrons. The molecule has 0 saturated carbocycles. The van der Waals surface area contributed by atoms with Crippen LogP contribution >= 0.6 is 0 Å². The van der Waals surface area contributed by atoms with E-state index in [0.717, 1.165) is 8.87 Å². The quantitative estimate of drug-likeness (QED) is 0.145. The number of imide groups is 1. The number of nitrogens with one attached hydrogen (secondary N) is 1. The first-order chi connectivity index (χ1) is 20.5. The Balaban J connectivity index is 2.10. The minimum atomic E-state index is -4.19. The molecule has 0 aliphatic heterocycles. The van der Waals surface area contributed by atoms with E-state index in [1.54, 1.807) is 78.2 Å². The summed E-state index contributed by atoms with van der Waals surface area (Å²) >= 11 is 0. The van der Waals surface area contributed by atoms with Crippen LogP contribution in [0.25, 0.3) is 22.6 Å². The first-order valence-corrected chi connectivity index (χ1v) is 15.1. The number of aromatic amines is 1. The van der Waals surface area contributed by atoms with Gasteiger partial charge in [0, 0.05) is 35.1 Å². The summed E-state index contributed by atoms with van der Waals surface area (Å²) in [4.78, 5) is 43.8. The number of rotatable bonds is 6. The highest BCUT2D eigenvalue weighted by Gasteiger charge is 2.35. The molecule has 232 valence electrons. The molecule has 0 bridgehead atoms. The Labute approximate surface area is 256 Å². The lowest BCUT2D eigenvalue weighted by molar-refractivity contribution is -0.133. The van der Waals surface area contributed by atoms with E-state index in [2.05, 4.69) is 4.98 Å². The number of carbonyl (C=O) groups excluding carboxylic acids is 3. The molecule has 2 heterocycles. The summed E-state index contributed by atoms with van der Waals surface area (Å²) in [7, 11) is -2.96. The summed E-state index contributed by atoms with van der Waals surface area (Å²) in [6.45, 7) is 9.89. The van der Waals surface area contributed by atoms with Crippen LogP contribution in [0.4, 0.5) is 15.3 Å². The summed E-state index contributed by atoms with van der Waals surface area (Å²) in [5, 5.41) is 0.167. The molecular formula is C32H35N3O8S. The second-order valence-electron chi connectivity index (χ2n) is 11.8. The van der Waals surface area contributed by atoms with Gasteiger partial charge in [-0.1, -0.05) is 24.3 Å². The molecule has 2 amide bonds. The first kappa shape index (κ1) is 32.1. The fraction of sp³-hybridized carbons (Fsp3) is 0.281. The van der Waals surface area contributed by atoms with Gasteiger partial charge in [0.05, 0.1) is 28.8 Å². The van der Waals surface area contributed by atoms with Gasteiger partial charge in [-0.2, -0.15) is 4.90 Å². The summed E-state index contributed by atoms with van der Waals surface area (Å²) in [5.41, 5.74) is -1.08. The highest BCUT2D eigenvalue weighted by Crippen LogP contribution is 2.37. The van der Waals surface area contributed by atoms with E-state index >= 15 is 0 Å². The van der Waals surface area contributed by atoms with Gasteiger partial charge in [0.1, 0.15) is 11.2 Å². The van der Waals surface area contributed by atoms with Crippen molar-refractivity contribution >= 4 is 56.4 Å². The van der Waals surface area contributed by atoms with E-state index < -0.39 is 39.4 Å². The van der Waals surface area contributed by atoms with Crippen LogP contribution in [0.1, 0.15) is 52.7 Å². The lowest BCUT2D eigenvalue weighted by Crippen LogP contribution is -2.43. The summed E-state index contributed by atoms with van der Waals surface area (Å²) in [6.07, 6.45) is 3.90. The van der Waals surface area contributed by atoms with Crippen LogP contribution in [0.2, 0.25) is 0 Å². The van der Waals surface area contributed by atoms with Crippen LogP contribution in [0.15, 0.2) is 78.1 Å². The SMILES string of the molecule is COC(=O)/C(=C/c1cn(S(=O)(=O)c2ccccc2)c2cccc(N(C(=O)OC(C)(C)C)C(=O)OC(C)(C)C)c12)c1cc[nH]c1. The third-order valence-corrected chi connectivity index (χ3v) is 7.80. The monoisotopic (exact) mass is 621 g/mol. The molecule has 0 atom stereocenters. The molecule has 1 N–H and O–H groups in total. The Morgan fingerprint density at radius 3 is 2.00 bits per heavy atom. The second-order valence-corrected chi connectivity index (χ2v) is 13.6. The van der Waals surface area contributed by atoms with E-state index in [9.17, 15) is 22.8 Å². The van der Waals surface area contributed by atoms with Crippen LogP contribution in [-0.4, -0.2) is 53.8 Å². The van der Waals surface area contributed by atoms with Gasteiger partial charge in [0.25, 0.3) is 10.0 Å². The lowest BCUT2D eigenvalue weighted by atomic mass is 10.0. The van der Waals surface area contributed by atoms with Crippen molar-refractivity contribution < 1.29 is 37.0 Å². The number of hydrogen-bond acceptors (Lipinski definition) is 8.